The van der Waals surface area contributed by atoms with Crippen LogP contribution in [0.2, 0.25) is 0 Å². The summed E-state index contributed by atoms with van der Waals surface area (Å²) in [5, 5.41) is 3.99. The van der Waals surface area contributed by atoms with Gasteiger partial charge in [0, 0.05) is 24.4 Å². The third-order valence-electron chi connectivity index (χ3n) is 2.60. The molecule has 2 N–H and O–H groups in total. The average Bonchev–Trinajstić information content (AvgIpc) is 2.73. The van der Waals surface area contributed by atoms with E-state index in [1.54, 1.807) is 13.2 Å². The molecule has 7 heteroatoms. The van der Waals surface area contributed by atoms with Crippen molar-refractivity contribution < 1.29 is 18.0 Å². The molecule has 0 fully saturated rings. The van der Waals surface area contributed by atoms with Crippen LogP contribution in [0.4, 0.5) is 13.2 Å². The van der Waals surface area contributed by atoms with E-state index in [0.29, 0.717) is 0 Å². The summed E-state index contributed by atoms with van der Waals surface area (Å²) in [6, 6.07) is 4.28. The SMILES string of the molecule is Cn1ccc(-c2cc(C(F)(F)F)ccc2C(N)=O)n1. The number of benzene rings is 1. The Hall–Kier alpha value is -2.31. The van der Waals surface area contributed by atoms with Crippen molar-refractivity contribution in [2.24, 2.45) is 12.8 Å². The van der Waals surface area contributed by atoms with Gasteiger partial charge in [-0.15, -0.1) is 0 Å². The van der Waals surface area contributed by atoms with Crippen LogP contribution in [0.15, 0.2) is 30.5 Å². The minimum Gasteiger partial charge on any atom is -0.366 e. The number of nitrogens with two attached hydrogens (primary N) is 1. The Morgan fingerprint density at radius 1 is 1.32 bits per heavy atom. The Balaban J connectivity index is 2.64. The summed E-state index contributed by atoms with van der Waals surface area (Å²) in [7, 11) is 1.63. The van der Waals surface area contributed by atoms with Crippen molar-refractivity contribution >= 4 is 5.91 Å². The molecule has 1 aromatic heterocycles. The first-order valence-corrected chi connectivity index (χ1v) is 5.30. The summed E-state index contributed by atoms with van der Waals surface area (Å²) < 4.78 is 39.5. The fourth-order valence-corrected chi connectivity index (χ4v) is 1.71. The zero-order valence-corrected chi connectivity index (χ0v) is 9.90. The Morgan fingerprint density at radius 3 is 2.47 bits per heavy atom. The number of rotatable bonds is 2. The zero-order chi connectivity index (χ0) is 14.2. The van der Waals surface area contributed by atoms with Crippen LogP contribution >= 0.6 is 0 Å². The summed E-state index contributed by atoms with van der Waals surface area (Å²) in [6.07, 6.45) is -2.92. The van der Waals surface area contributed by atoms with E-state index >= 15 is 0 Å². The molecule has 1 aromatic carbocycles. The lowest BCUT2D eigenvalue weighted by molar-refractivity contribution is -0.137. The first-order valence-electron chi connectivity index (χ1n) is 5.30. The standard InChI is InChI=1S/C12H10F3N3O/c1-18-5-4-10(17-18)9-6-7(12(13,14)15)2-3-8(9)11(16)19/h2-6H,1H3,(H2,16,19). The molecular formula is C12H10F3N3O. The van der Waals surface area contributed by atoms with Gasteiger partial charge in [0.05, 0.1) is 11.3 Å². The third kappa shape index (κ3) is 2.59. The minimum atomic E-state index is -4.49. The number of aromatic nitrogens is 2. The third-order valence-corrected chi connectivity index (χ3v) is 2.60. The van der Waals surface area contributed by atoms with Crippen molar-refractivity contribution in [3.05, 3.63) is 41.6 Å². The van der Waals surface area contributed by atoms with Gasteiger partial charge in [0.25, 0.3) is 0 Å². The summed E-state index contributed by atoms with van der Waals surface area (Å²) >= 11 is 0. The van der Waals surface area contributed by atoms with Crippen LogP contribution in [-0.2, 0) is 13.2 Å². The van der Waals surface area contributed by atoms with Gasteiger partial charge in [0.1, 0.15) is 0 Å². The molecule has 0 aliphatic rings. The molecule has 0 saturated carbocycles. The molecule has 0 aliphatic carbocycles. The number of nitrogens with zero attached hydrogens (tertiary/aromatic N) is 2. The van der Waals surface area contributed by atoms with E-state index in [9.17, 15) is 18.0 Å². The number of carbonyl (C=O) groups is 1. The molecular weight excluding hydrogens is 259 g/mol. The number of carbonyl (C=O) groups excluding carboxylic acids is 1. The van der Waals surface area contributed by atoms with Crippen LogP contribution in [0.5, 0.6) is 0 Å². The first kappa shape index (κ1) is 13.1. The Bertz CT molecular complexity index is 631. The molecule has 0 saturated heterocycles. The Labute approximate surface area is 106 Å². The topological polar surface area (TPSA) is 60.9 Å². The fraction of sp³-hybridized carbons (Fsp3) is 0.167. The maximum absolute atomic E-state index is 12.7. The lowest BCUT2D eigenvalue weighted by atomic mass is 10.0. The predicted octanol–water partition coefficient (Wildman–Crippen LogP) is 2.20. The largest absolute Gasteiger partial charge is 0.416 e. The number of amides is 1. The van der Waals surface area contributed by atoms with Gasteiger partial charge in [-0.3, -0.25) is 9.48 Å². The second kappa shape index (κ2) is 4.42. The minimum absolute atomic E-state index is 0.00620. The maximum atomic E-state index is 12.7. The van der Waals surface area contributed by atoms with Gasteiger partial charge < -0.3 is 5.73 Å². The molecule has 2 rings (SSSR count). The molecule has 2 aromatic rings. The van der Waals surface area contributed by atoms with Gasteiger partial charge in [0.15, 0.2) is 0 Å². The number of aryl methyl sites for hydroxylation is 1. The molecule has 0 spiro atoms. The van der Waals surface area contributed by atoms with Gasteiger partial charge in [-0.25, -0.2) is 0 Å². The lowest BCUT2D eigenvalue weighted by Crippen LogP contribution is -2.14. The highest BCUT2D eigenvalue weighted by atomic mass is 19.4. The van der Waals surface area contributed by atoms with E-state index in [1.165, 1.54) is 10.7 Å². The van der Waals surface area contributed by atoms with Crippen molar-refractivity contribution in [2.45, 2.75) is 6.18 Å². The molecule has 0 unspecified atom stereocenters. The zero-order valence-electron chi connectivity index (χ0n) is 9.90. The quantitative estimate of drug-likeness (QED) is 0.908. The van der Waals surface area contributed by atoms with E-state index in [1.807, 2.05) is 0 Å². The number of hydrogen-bond donors (Lipinski definition) is 1. The van der Waals surface area contributed by atoms with E-state index in [2.05, 4.69) is 5.10 Å². The van der Waals surface area contributed by atoms with Gasteiger partial charge in [-0.05, 0) is 24.3 Å². The molecule has 0 atom stereocenters. The number of hydrogen-bond acceptors (Lipinski definition) is 2. The molecule has 0 bridgehead atoms. The number of alkyl halides is 3. The van der Waals surface area contributed by atoms with Crippen LogP contribution in [0, 0.1) is 0 Å². The first-order chi connectivity index (χ1) is 8.79. The molecule has 0 aliphatic heterocycles. The predicted molar refractivity (Wildman–Crippen MR) is 62.2 cm³/mol. The molecule has 0 radical (unpaired) electrons. The van der Waals surface area contributed by atoms with Gasteiger partial charge in [0.2, 0.25) is 5.91 Å². The van der Waals surface area contributed by atoms with E-state index in [4.69, 9.17) is 5.73 Å². The monoisotopic (exact) mass is 269 g/mol. The van der Waals surface area contributed by atoms with Crippen molar-refractivity contribution in [1.82, 2.24) is 9.78 Å². The normalized spacial score (nSPS) is 11.6. The van der Waals surface area contributed by atoms with Gasteiger partial charge in [-0.1, -0.05) is 0 Å². The highest BCUT2D eigenvalue weighted by Crippen LogP contribution is 2.33. The van der Waals surface area contributed by atoms with Crippen LogP contribution in [0.25, 0.3) is 11.3 Å². The van der Waals surface area contributed by atoms with Crippen LogP contribution in [0.3, 0.4) is 0 Å². The summed E-state index contributed by atoms with van der Waals surface area (Å²) in [4.78, 5) is 11.3. The smallest absolute Gasteiger partial charge is 0.366 e. The Kier molecular flexibility index (Phi) is 3.05. The maximum Gasteiger partial charge on any atom is 0.416 e. The van der Waals surface area contributed by atoms with Crippen molar-refractivity contribution in [3.8, 4) is 11.3 Å². The van der Waals surface area contributed by atoms with E-state index in [-0.39, 0.29) is 16.8 Å². The average molecular weight is 269 g/mol. The number of halogens is 3. The molecule has 4 nitrogen and oxygen atoms in total. The van der Waals surface area contributed by atoms with Crippen molar-refractivity contribution in [3.63, 3.8) is 0 Å². The van der Waals surface area contributed by atoms with Crippen molar-refractivity contribution in [2.75, 3.05) is 0 Å². The van der Waals surface area contributed by atoms with Crippen LogP contribution in [0.1, 0.15) is 15.9 Å². The van der Waals surface area contributed by atoms with Crippen LogP contribution < -0.4 is 5.73 Å². The molecule has 1 heterocycles. The highest BCUT2D eigenvalue weighted by molar-refractivity contribution is 5.99. The second-order valence-electron chi connectivity index (χ2n) is 4.00. The number of primary amides is 1. The molecule has 19 heavy (non-hydrogen) atoms. The van der Waals surface area contributed by atoms with Crippen LogP contribution in [-0.4, -0.2) is 15.7 Å². The molecule has 1 amide bonds. The van der Waals surface area contributed by atoms with Gasteiger partial charge in [-0.2, -0.15) is 18.3 Å². The van der Waals surface area contributed by atoms with Crippen molar-refractivity contribution in [1.29, 1.82) is 0 Å². The van der Waals surface area contributed by atoms with E-state index in [0.717, 1.165) is 18.2 Å². The summed E-state index contributed by atoms with van der Waals surface area (Å²) in [5.41, 5.74) is 4.66. The highest BCUT2D eigenvalue weighted by Gasteiger charge is 2.31. The second-order valence-corrected chi connectivity index (χ2v) is 4.00. The lowest BCUT2D eigenvalue weighted by Gasteiger charge is -2.10. The Morgan fingerprint density at radius 2 is 2.00 bits per heavy atom. The van der Waals surface area contributed by atoms with E-state index < -0.39 is 17.6 Å². The fourth-order valence-electron chi connectivity index (χ4n) is 1.71. The van der Waals surface area contributed by atoms with Gasteiger partial charge >= 0.3 is 6.18 Å². The summed E-state index contributed by atoms with van der Waals surface area (Å²) in [5.74, 6) is -0.797. The summed E-state index contributed by atoms with van der Waals surface area (Å²) in [6.45, 7) is 0. The molecule has 100 valence electrons.